The molecule has 1 heterocycles. The molecule has 1 rings (SSSR count). The average molecular weight is 275 g/mol. The summed E-state index contributed by atoms with van der Waals surface area (Å²) < 4.78 is 26.9. The predicted molar refractivity (Wildman–Crippen MR) is 64.5 cm³/mol. The Kier molecular flexibility index (Phi) is 4.47. The van der Waals surface area contributed by atoms with Crippen molar-refractivity contribution in [3.05, 3.63) is 12.4 Å². The van der Waals surface area contributed by atoms with Crippen LogP contribution in [0.25, 0.3) is 0 Å². The Balaban J connectivity index is 3.15. The molecule has 0 saturated carbocycles. The van der Waals surface area contributed by atoms with Gasteiger partial charge in [-0.05, 0) is 13.3 Å². The Morgan fingerprint density at radius 3 is 2.61 bits per heavy atom. The van der Waals surface area contributed by atoms with Crippen LogP contribution in [0.4, 0.5) is 0 Å². The highest BCUT2D eigenvalue weighted by molar-refractivity contribution is 7.89. The molecule has 1 unspecified atom stereocenters. The molecule has 0 radical (unpaired) electrons. The van der Waals surface area contributed by atoms with Crippen LogP contribution >= 0.6 is 0 Å². The molecule has 7 nitrogen and oxygen atoms in total. The fourth-order valence-electron chi connectivity index (χ4n) is 1.48. The summed E-state index contributed by atoms with van der Waals surface area (Å²) in [4.78, 5) is 10.8. The summed E-state index contributed by atoms with van der Waals surface area (Å²) in [7, 11) is -2.22. The average Bonchev–Trinajstić information content (AvgIpc) is 2.72. The minimum absolute atomic E-state index is 0.00606. The standard InChI is InChI=1S/C10H17N3O4S/c1-4-8(2)13(7-10(14)15)18(16,17)9-5-11-12(3)6-9/h5-6,8H,4,7H2,1-3H3,(H,14,15). The molecule has 1 aromatic heterocycles. The minimum atomic E-state index is -3.82. The van der Waals surface area contributed by atoms with Gasteiger partial charge in [-0.3, -0.25) is 9.48 Å². The van der Waals surface area contributed by atoms with E-state index < -0.39 is 22.5 Å². The Morgan fingerprint density at radius 1 is 1.61 bits per heavy atom. The Bertz CT molecular complexity index is 523. The van der Waals surface area contributed by atoms with E-state index in [0.29, 0.717) is 6.42 Å². The Morgan fingerprint density at radius 2 is 2.22 bits per heavy atom. The SMILES string of the molecule is CCC(C)N(CC(=O)O)S(=O)(=O)c1cnn(C)c1. The summed E-state index contributed by atoms with van der Waals surface area (Å²) in [6.07, 6.45) is 3.10. The molecule has 102 valence electrons. The van der Waals surface area contributed by atoms with Gasteiger partial charge in [-0.1, -0.05) is 6.92 Å². The molecule has 8 heteroatoms. The summed E-state index contributed by atoms with van der Waals surface area (Å²) >= 11 is 0. The first-order chi connectivity index (χ1) is 8.28. The van der Waals surface area contributed by atoms with E-state index in [9.17, 15) is 13.2 Å². The lowest BCUT2D eigenvalue weighted by Gasteiger charge is -2.25. The molecule has 0 aliphatic carbocycles. The zero-order valence-electron chi connectivity index (χ0n) is 10.6. The third-order valence-corrected chi connectivity index (χ3v) is 4.57. The number of aliphatic carboxylic acids is 1. The molecule has 1 atom stereocenters. The van der Waals surface area contributed by atoms with Gasteiger partial charge in [0.2, 0.25) is 10.0 Å². The molecule has 1 aromatic rings. The molecule has 0 amide bonds. The van der Waals surface area contributed by atoms with Crippen molar-refractivity contribution in [3.8, 4) is 0 Å². The van der Waals surface area contributed by atoms with Gasteiger partial charge in [0.25, 0.3) is 0 Å². The third-order valence-electron chi connectivity index (χ3n) is 2.66. The number of rotatable bonds is 6. The lowest BCUT2D eigenvalue weighted by atomic mass is 10.2. The van der Waals surface area contributed by atoms with Crippen molar-refractivity contribution in [2.24, 2.45) is 7.05 Å². The number of carbonyl (C=O) groups is 1. The molecule has 0 aromatic carbocycles. The molecule has 0 spiro atoms. The number of hydrogen-bond donors (Lipinski definition) is 1. The van der Waals surface area contributed by atoms with Crippen LogP contribution in [-0.2, 0) is 21.9 Å². The zero-order chi connectivity index (χ0) is 13.9. The van der Waals surface area contributed by atoms with Crippen LogP contribution in [0.1, 0.15) is 20.3 Å². The van der Waals surface area contributed by atoms with E-state index >= 15 is 0 Å². The van der Waals surface area contributed by atoms with Crippen LogP contribution in [0.3, 0.4) is 0 Å². The normalized spacial score (nSPS) is 13.8. The van der Waals surface area contributed by atoms with E-state index in [-0.39, 0.29) is 10.9 Å². The topological polar surface area (TPSA) is 92.5 Å². The number of carboxylic acid groups (broad SMARTS) is 1. The maximum atomic E-state index is 12.3. The molecule has 0 aliphatic heterocycles. The van der Waals surface area contributed by atoms with Gasteiger partial charge < -0.3 is 5.11 Å². The van der Waals surface area contributed by atoms with E-state index in [4.69, 9.17) is 5.11 Å². The van der Waals surface area contributed by atoms with Gasteiger partial charge >= 0.3 is 5.97 Å². The maximum absolute atomic E-state index is 12.3. The van der Waals surface area contributed by atoms with Gasteiger partial charge in [-0.15, -0.1) is 0 Å². The van der Waals surface area contributed by atoms with E-state index in [1.54, 1.807) is 20.9 Å². The molecular weight excluding hydrogens is 258 g/mol. The van der Waals surface area contributed by atoms with Crippen LogP contribution in [0.2, 0.25) is 0 Å². The highest BCUT2D eigenvalue weighted by atomic mass is 32.2. The van der Waals surface area contributed by atoms with Crippen molar-refractivity contribution in [2.75, 3.05) is 6.54 Å². The molecule has 0 aliphatic rings. The van der Waals surface area contributed by atoms with Gasteiger partial charge in [-0.25, -0.2) is 8.42 Å². The van der Waals surface area contributed by atoms with Crippen LogP contribution in [0.5, 0.6) is 0 Å². The number of hydrogen-bond acceptors (Lipinski definition) is 4. The monoisotopic (exact) mass is 275 g/mol. The van der Waals surface area contributed by atoms with Crippen molar-refractivity contribution in [1.29, 1.82) is 0 Å². The molecule has 0 saturated heterocycles. The van der Waals surface area contributed by atoms with Crippen molar-refractivity contribution >= 4 is 16.0 Å². The quantitative estimate of drug-likeness (QED) is 0.805. The number of carboxylic acids is 1. The van der Waals surface area contributed by atoms with Crippen molar-refractivity contribution in [2.45, 2.75) is 31.2 Å². The highest BCUT2D eigenvalue weighted by Gasteiger charge is 2.31. The number of nitrogens with zero attached hydrogens (tertiary/aromatic N) is 3. The maximum Gasteiger partial charge on any atom is 0.318 e. The summed E-state index contributed by atoms with van der Waals surface area (Å²) in [5, 5.41) is 12.6. The first kappa shape index (κ1) is 14.7. The van der Waals surface area contributed by atoms with E-state index in [1.165, 1.54) is 17.1 Å². The van der Waals surface area contributed by atoms with Gasteiger partial charge in [0.05, 0.1) is 6.20 Å². The number of sulfonamides is 1. The summed E-state index contributed by atoms with van der Waals surface area (Å²) in [6, 6.07) is -0.383. The first-order valence-electron chi connectivity index (χ1n) is 5.51. The molecular formula is C10H17N3O4S. The second-order valence-electron chi connectivity index (χ2n) is 4.05. The van der Waals surface area contributed by atoms with Crippen LogP contribution in [0.15, 0.2) is 17.3 Å². The van der Waals surface area contributed by atoms with Gasteiger partial charge in [0.15, 0.2) is 0 Å². The molecule has 1 N–H and O–H groups in total. The number of aromatic nitrogens is 2. The third kappa shape index (κ3) is 3.08. The summed E-state index contributed by atoms with van der Waals surface area (Å²) in [5.74, 6) is -1.18. The second kappa shape index (κ2) is 5.49. The predicted octanol–water partition coefficient (Wildman–Crippen LogP) is 0.294. The van der Waals surface area contributed by atoms with Gasteiger partial charge in [0, 0.05) is 19.3 Å². The lowest BCUT2D eigenvalue weighted by Crippen LogP contribution is -2.41. The van der Waals surface area contributed by atoms with Crippen molar-refractivity contribution < 1.29 is 18.3 Å². The Labute approximate surface area is 106 Å². The molecule has 0 fully saturated rings. The molecule has 0 bridgehead atoms. The lowest BCUT2D eigenvalue weighted by molar-refractivity contribution is -0.137. The van der Waals surface area contributed by atoms with Crippen molar-refractivity contribution in [3.63, 3.8) is 0 Å². The molecule has 18 heavy (non-hydrogen) atoms. The first-order valence-corrected chi connectivity index (χ1v) is 6.95. The van der Waals surface area contributed by atoms with E-state index in [0.717, 1.165) is 4.31 Å². The van der Waals surface area contributed by atoms with Crippen molar-refractivity contribution in [1.82, 2.24) is 14.1 Å². The summed E-state index contributed by atoms with van der Waals surface area (Å²) in [5.41, 5.74) is 0. The summed E-state index contributed by atoms with van der Waals surface area (Å²) in [6.45, 7) is 2.93. The largest absolute Gasteiger partial charge is 0.480 e. The fourth-order valence-corrected chi connectivity index (χ4v) is 3.12. The van der Waals surface area contributed by atoms with Crippen LogP contribution in [0, 0.1) is 0 Å². The van der Waals surface area contributed by atoms with Crippen LogP contribution in [-0.4, -0.2) is 46.2 Å². The smallest absolute Gasteiger partial charge is 0.318 e. The Hall–Kier alpha value is -1.41. The second-order valence-corrected chi connectivity index (χ2v) is 5.94. The van der Waals surface area contributed by atoms with E-state index in [2.05, 4.69) is 5.10 Å². The highest BCUT2D eigenvalue weighted by Crippen LogP contribution is 2.18. The minimum Gasteiger partial charge on any atom is -0.480 e. The van der Waals surface area contributed by atoms with E-state index in [1.807, 2.05) is 0 Å². The zero-order valence-corrected chi connectivity index (χ0v) is 11.4. The van der Waals surface area contributed by atoms with Gasteiger partial charge in [0.1, 0.15) is 11.4 Å². The van der Waals surface area contributed by atoms with Gasteiger partial charge in [-0.2, -0.15) is 9.40 Å². The van der Waals surface area contributed by atoms with Crippen LogP contribution < -0.4 is 0 Å². The number of aryl methyl sites for hydroxylation is 1. The fraction of sp³-hybridized carbons (Fsp3) is 0.600.